The molecule has 5 heteroatoms. The second kappa shape index (κ2) is 4.86. The van der Waals surface area contributed by atoms with Crippen LogP contribution in [0.15, 0.2) is 28.9 Å². The van der Waals surface area contributed by atoms with E-state index in [1.165, 1.54) is 0 Å². The number of hydrogen-bond donors (Lipinski definition) is 4. The number of halogens is 1. The van der Waals surface area contributed by atoms with Gasteiger partial charge in [0.05, 0.1) is 18.2 Å². The molecular weight excluding hydrogens is 272 g/mol. The lowest BCUT2D eigenvalue weighted by molar-refractivity contribution is 0.105. The number of benzene rings is 1. The first-order valence-electron chi connectivity index (χ1n) is 5.00. The number of rotatable bonds is 4. The van der Waals surface area contributed by atoms with Crippen LogP contribution in [0.5, 0.6) is 0 Å². The SMILES string of the molecule is OCC(O)CNc1cc(Br)c2[nH]ccc2c1. The maximum Gasteiger partial charge on any atom is 0.0942 e. The monoisotopic (exact) mass is 284 g/mol. The summed E-state index contributed by atoms with van der Waals surface area (Å²) < 4.78 is 0.969. The molecule has 2 aromatic rings. The van der Waals surface area contributed by atoms with Gasteiger partial charge in [0.2, 0.25) is 0 Å². The fraction of sp³-hybridized carbons (Fsp3) is 0.273. The second-order valence-corrected chi connectivity index (χ2v) is 4.47. The zero-order chi connectivity index (χ0) is 11.5. The average molecular weight is 285 g/mol. The number of anilines is 1. The summed E-state index contributed by atoms with van der Waals surface area (Å²) in [4.78, 5) is 3.13. The second-order valence-electron chi connectivity index (χ2n) is 3.62. The van der Waals surface area contributed by atoms with Crippen molar-refractivity contribution < 1.29 is 10.2 Å². The van der Waals surface area contributed by atoms with Crippen molar-refractivity contribution >= 4 is 32.5 Å². The van der Waals surface area contributed by atoms with Crippen molar-refractivity contribution in [2.24, 2.45) is 0 Å². The lowest BCUT2D eigenvalue weighted by atomic mass is 10.2. The number of H-pyrrole nitrogens is 1. The summed E-state index contributed by atoms with van der Waals surface area (Å²) in [6, 6.07) is 5.90. The molecule has 0 fully saturated rings. The Balaban J connectivity index is 2.18. The van der Waals surface area contributed by atoms with E-state index in [0.29, 0.717) is 6.54 Å². The summed E-state index contributed by atoms with van der Waals surface area (Å²) in [6.45, 7) is 0.0967. The summed E-state index contributed by atoms with van der Waals surface area (Å²) in [6.07, 6.45) is 1.14. The van der Waals surface area contributed by atoms with E-state index >= 15 is 0 Å². The third-order valence-corrected chi connectivity index (χ3v) is 2.99. The molecule has 0 saturated carbocycles. The molecule has 0 radical (unpaired) electrons. The molecule has 1 atom stereocenters. The first-order valence-corrected chi connectivity index (χ1v) is 5.79. The van der Waals surface area contributed by atoms with Gasteiger partial charge in [0.25, 0.3) is 0 Å². The summed E-state index contributed by atoms with van der Waals surface area (Å²) >= 11 is 3.47. The molecule has 16 heavy (non-hydrogen) atoms. The molecule has 2 rings (SSSR count). The van der Waals surface area contributed by atoms with E-state index in [4.69, 9.17) is 5.11 Å². The number of aromatic nitrogens is 1. The van der Waals surface area contributed by atoms with Gasteiger partial charge in [0.1, 0.15) is 0 Å². The van der Waals surface area contributed by atoms with Crippen LogP contribution in [0.1, 0.15) is 0 Å². The molecule has 86 valence electrons. The van der Waals surface area contributed by atoms with Gasteiger partial charge in [-0.05, 0) is 34.1 Å². The van der Waals surface area contributed by atoms with Crippen LogP contribution in [-0.2, 0) is 0 Å². The Bertz CT molecular complexity index is 484. The maximum absolute atomic E-state index is 9.23. The van der Waals surface area contributed by atoms with Crippen molar-refractivity contribution in [3.8, 4) is 0 Å². The predicted octanol–water partition coefficient (Wildman–Crippen LogP) is 1.70. The minimum atomic E-state index is -0.735. The van der Waals surface area contributed by atoms with Gasteiger partial charge in [-0.1, -0.05) is 0 Å². The highest BCUT2D eigenvalue weighted by Gasteiger charge is 2.05. The fourth-order valence-corrected chi connectivity index (χ4v) is 2.12. The third-order valence-electron chi connectivity index (χ3n) is 2.36. The molecule has 0 saturated heterocycles. The summed E-state index contributed by atoms with van der Waals surface area (Å²) in [5.74, 6) is 0. The minimum Gasteiger partial charge on any atom is -0.394 e. The highest BCUT2D eigenvalue weighted by Crippen LogP contribution is 2.27. The van der Waals surface area contributed by atoms with E-state index in [2.05, 4.69) is 26.2 Å². The van der Waals surface area contributed by atoms with E-state index in [0.717, 1.165) is 21.1 Å². The van der Waals surface area contributed by atoms with Crippen molar-refractivity contribution in [1.29, 1.82) is 0 Å². The van der Waals surface area contributed by atoms with Crippen molar-refractivity contribution in [3.63, 3.8) is 0 Å². The van der Waals surface area contributed by atoms with Crippen molar-refractivity contribution in [1.82, 2.24) is 4.98 Å². The predicted molar refractivity (Wildman–Crippen MR) is 67.6 cm³/mol. The molecule has 4 N–H and O–H groups in total. The summed E-state index contributed by atoms with van der Waals surface area (Å²) in [7, 11) is 0. The van der Waals surface area contributed by atoms with Gasteiger partial charge >= 0.3 is 0 Å². The van der Waals surface area contributed by atoms with E-state index in [9.17, 15) is 5.11 Å². The van der Waals surface area contributed by atoms with Gasteiger partial charge in [-0.3, -0.25) is 0 Å². The van der Waals surface area contributed by atoms with E-state index < -0.39 is 6.10 Å². The molecule has 0 aliphatic rings. The smallest absolute Gasteiger partial charge is 0.0942 e. The molecule has 1 unspecified atom stereocenters. The molecule has 1 aromatic heterocycles. The normalized spacial score (nSPS) is 12.9. The number of hydrogen-bond acceptors (Lipinski definition) is 3. The number of nitrogens with one attached hydrogen (secondary N) is 2. The Morgan fingerprint density at radius 1 is 1.44 bits per heavy atom. The Labute approximate surface area is 101 Å². The Morgan fingerprint density at radius 2 is 2.25 bits per heavy atom. The van der Waals surface area contributed by atoms with Gasteiger partial charge < -0.3 is 20.5 Å². The fourth-order valence-electron chi connectivity index (χ4n) is 1.53. The van der Waals surface area contributed by atoms with Crippen LogP contribution in [0.4, 0.5) is 5.69 Å². The minimum absolute atomic E-state index is 0.236. The molecule has 1 heterocycles. The van der Waals surface area contributed by atoms with Crippen LogP contribution in [0.3, 0.4) is 0 Å². The lowest BCUT2D eigenvalue weighted by Crippen LogP contribution is -2.22. The largest absolute Gasteiger partial charge is 0.394 e. The average Bonchev–Trinajstić information content (AvgIpc) is 2.74. The zero-order valence-electron chi connectivity index (χ0n) is 8.57. The van der Waals surface area contributed by atoms with Crippen molar-refractivity contribution in [2.75, 3.05) is 18.5 Å². The van der Waals surface area contributed by atoms with E-state index in [1.807, 2.05) is 24.4 Å². The number of aliphatic hydroxyl groups excluding tert-OH is 2. The summed E-state index contributed by atoms with van der Waals surface area (Å²) in [5.41, 5.74) is 1.96. The van der Waals surface area contributed by atoms with E-state index in [-0.39, 0.29) is 6.61 Å². The van der Waals surface area contributed by atoms with E-state index in [1.54, 1.807) is 0 Å². The van der Waals surface area contributed by atoms with Gasteiger partial charge in [-0.2, -0.15) is 0 Å². The van der Waals surface area contributed by atoms with Gasteiger partial charge in [0.15, 0.2) is 0 Å². The van der Waals surface area contributed by atoms with Crippen LogP contribution in [0.25, 0.3) is 10.9 Å². The van der Waals surface area contributed by atoms with Crippen molar-refractivity contribution in [3.05, 3.63) is 28.9 Å². The molecule has 0 spiro atoms. The van der Waals surface area contributed by atoms with Gasteiger partial charge in [-0.15, -0.1) is 0 Å². The molecular formula is C11H13BrN2O2. The molecule has 1 aromatic carbocycles. The van der Waals surface area contributed by atoms with Gasteiger partial charge in [-0.25, -0.2) is 0 Å². The topological polar surface area (TPSA) is 68.3 Å². The molecule has 0 aliphatic heterocycles. The maximum atomic E-state index is 9.23. The van der Waals surface area contributed by atoms with Crippen LogP contribution >= 0.6 is 15.9 Å². The standard InChI is InChI=1S/C11H13BrN2O2/c12-10-4-8(14-5-9(16)6-15)3-7-1-2-13-11(7)10/h1-4,9,13-16H,5-6H2. The molecule has 0 aliphatic carbocycles. The lowest BCUT2D eigenvalue weighted by Gasteiger charge is -2.10. The Morgan fingerprint density at radius 3 is 3.00 bits per heavy atom. The van der Waals surface area contributed by atoms with Crippen LogP contribution in [-0.4, -0.2) is 34.5 Å². The van der Waals surface area contributed by atoms with Crippen LogP contribution in [0, 0.1) is 0 Å². The van der Waals surface area contributed by atoms with Crippen LogP contribution < -0.4 is 5.32 Å². The highest BCUT2D eigenvalue weighted by molar-refractivity contribution is 9.10. The zero-order valence-corrected chi connectivity index (χ0v) is 10.2. The summed E-state index contributed by atoms with van der Waals surface area (Å²) in [5, 5.41) is 22.1. The number of aliphatic hydroxyl groups is 2. The first-order chi connectivity index (χ1) is 7.70. The molecule has 0 amide bonds. The Kier molecular flexibility index (Phi) is 3.48. The Hall–Kier alpha value is -1.04. The van der Waals surface area contributed by atoms with Crippen LogP contribution in [0.2, 0.25) is 0 Å². The third kappa shape index (κ3) is 2.37. The highest BCUT2D eigenvalue weighted by atomic mass is 79.9. The molecule has 4 nitrogen and oxygen atoms in total. The number of fused-ring (bicyclic) bond motifs is 1. The van der Waals surface area contributed by atoms with Gasteiger partial charge in [0, 0.05) is 28.3 Å². The van der Waals surface area contributed by atoms with Crippen molar-refractivity contribution in [2.45, 2.75) is 6.10 Å². The molecule has 0 bridgehead atoms. The number of aromatic amines is 1. The first kappa shape index (κ1) is 11.4. The quantitative estimate of drug-likeness (QED) is 0.691.